The van der Waals surface area contributed by atoms with Gasteiger partial charge >= 0.3 is 0 Å². The summed E-state index contributed by atoms with van der Waals surface area (Å²) in [5, 5.41) is 3.28. The molecule has 19 heavy (non-hydrogen) atoms. The van der Waals surface area contributed by atoms with Crippen molar-refractivity contribution >= 4 is 0 Å². The number of nitrogens with zero attached hydrogens (tertiary/aromatic N) is 1. The first-order valence-electron chi connectivity index (χ1n) is 8.19. The van der Waals surface area contributed by atoms with Gasteiger partial charge in [0.05, 0.1) is 0 Å². The van der Waals surface area contributed by atoms with Crippen molar-refractivity contribution < 1.29 is 0 Å². The summed E-state index contributed by atoms with van der Waals surface area (Å²) in [7, 11) is 4.38. The predicted molar refractivity (Wildman–Crippen MR) is 81.3 cm³/mol. The largest absolute Gasteiger partial charge is 0.318 e. The molecule has 0 spiro atoms. The summed E-state index contributed by atoms with van der Waals surface area (Å²) >= 11 is 0. The van der Waals surface area contributed by atoms with Gasteiger partial charge in [0.2, 0.25) is 0 Å². The molecule has 110 valence electrons. The summed E-state index contributed by atoms with van der Waals surface area (Å²) in [4.78, 5) is 2.58. The van der Waals surface area contributed by atoms with Crippen molar-refractivity contribution in [3.63, 3.8) is 0 Å². The Morgan fingerprint density at radius 2 is 1.68 bits per heavy atom. The van der Waals surface area contributed by atoms with Crippen LogP contribution >= 0.6 is 0 Å². The molecule has 0 aromatic carbocycles. The molecule has 1 N–H and O–H groups in total. The molecule has 2 atom stereocenters. The van der Waals surface area contributed by atoms with Crippen LogP contribution in [0.3, 0.4) is 0 Å². The number of rotatable bonds is 5. The number of hydrogen-bond donors (Lipinski definition) is 1. The minimum Gasteiger partial charge on any atom is -0.318 e. The monoisotopic (exact) mass is 264 g/mol. The average molecular weight is 264 g/mol. The second kappa shape index (κ2) is 4.46. The highest BCUT2D eigenvalue weighted by Gasteiger charge is 2.59. The smallest absolute Gasteiger partial charge is 0.0104 e. The lowest BCUT2D eigenvalue weighted by molar-refractivity contribution is -0.151. The van der Waals surface area contributed by atoms with Crippen molar-refractivity contribution in [1.82, 2.24) is 10.2 Å². The van der Waals surface area contributed by atoms with Gasteiger partial charge in [-0.25, -0.2) is 0 Å². The van der Waals surface area contributed by atoms with Gasteiger partial charge in [-0.05, 0) is 74.8 Å². The van der Waals surface area contributed by atoms with Gasteiger partial charge in [0.15, 0.2) is 0 Å². The fourth-order valence-corrected chi connectivity index (χ4v) is 6.81. The zero-order valence-corrected chi connectivity index (χ0v) is 13.4. The molecule has 0 radical (unpaired) electrons. The summed E-state index contributed by atoms with van der Waals surface area (Å²) in [5.41, 5.74) is 1.97. The zero-order chi connectivity index (χ0) is 13.7. The second-order valence-electron chi connectivity index (χ2n) is 8.97. The van der Waals surface area contributed by atoms with E-state index in [4.69, 9.17) is 0 Å². The van der Waals surface area contributed by atoms with Gasteiger partial charge in [0.25, 0.3) is 0 Å². The van der Waals surface area contributed by atoms with Crippen LogP contribution in [0.2, 0.25) is 0 Å². The van der Waals surface area contributed by atoms with Gasteiger partial charge in [-0.2, -0.15) is 0 Å². The van der Waals surface area contributed by atoms with E-state index in [-0.39, 0.29) is 0 Å². The number of likely N-dealkylation sites (N-methyl/N-ethyl adjacent to an activating group) is 2. The lowest BCUT2D eigenvalue weighted by atomic mass is 9.40. The Kier molecular flexibility index (Phi) is 3.26. The van der Waals surface area contributed by atoms with E-state index in [9.17, 15) is 0 Å². The summed E-state index contributed by atoms with van der Waals surface area (Å²) in [6, 6.07) is 0. The van der Waals surface area contributed by atoms with Gasteiger partial charge in [-0.3, -0.25) is 0 Å². The van der Waals surface area contributed by atoms with E-state index in [1.165, 1.54) is 51.6 Å². The molecule has 0 aliphatic heterocycles. The lowest BCUT2D eigenvalue weighted by Gasteiger charge is -2.66. The van der Waals surface area contributed by atoms with Crippen LogP contribution in [0.15, 0.2) is 0 Å². The van der Waals surface area contributed by atoms with E-state index < -0.39 is 0 Å². The second-order valence-corrected chi connectivity index (χ2v) is 8.97. The quantitative estimate of drug-likeness (QED) is 0.820. The molecule has 2 nitrogen and oxygen atoms in total. The maximum Gasteiger partial charge on any atom is 0.0104 e. The topological polar surface area (TPSA) is 15.3 Å². The van der Waals surface area contributed by atoms with Crippen LogP contribution in [0.4, 0.5) is 0 Å². The summed E-state index contributed by atoms with van der Waals surface area (Å²) in [6.07, 6.45) is 9.04. The standard InChI is InChI=1S/C17H32N2/c1-15-7-14-8-16(2,10-15)12-17(9-14,11-15)13-19(4)6-5-18-3/h14,18H,5-13H2,1-4H3. The lowest BCUT2D eigenvalue weighted by Crippen LogP contribution is -2.58. The van der Waals surface area contributed by atoms with Crippen LogP contribution in [0.25, 0.3) is 0 Å². The first-order chi connectivity index (χ1) is 8.86. The molecule has 4 aliphatic carbocycles. The van der Waals surface area contributed by atoms with Crippen LogP contribution in [-0.2, 0) is 0 Å². The third-order valence-electron chi connectivity index (χ3n) is 6.09. The first kappa shape index (κ1) is 13.9. The Balaban J connectivity index is 1.73. The SMILES string of the molecule is CNCCN(C)CC12CC3CC(C)(CC(C)(C3)C1)C2. The van der Waals surface area contributed by atoms with Crippen LogP contribution in [-0.4, -0.2) is 38.6 Å². The molecule has 0 aromatic rings. The van der Waals surface area contributed by atoms with Gasteiger partial charge in [0, 0.05) is 19.6 Å². The molecule has 4 saturated carbocycles. The van der Waals surface area contributed by atoms with Crippen LogP contribution in [0.1, 0.15) is 52.4 Å². The van der Waals surface area contributed by atoms with Crippen LogP contribution in [0, 0.1) is 22.2 Å². The van der Waals surface area contributed by atoms with Gasteiger partial charge in [0.1, 0.15) is 0 Å². The molecule has 4 rings (SSSR count). The first-order valence-corrected chi connectivity index (χ1v) is 8.19. The van der Waals surface area contributed by atoms with E-state index in [1.54, 1.807) is 0 Å². The highest BCUT2D eigenvalue weighted by Crippen LogP contribution is 2.69. The maximum atomic E-state index is 3.28. The average Bonchev–Trinajstić information content (AvgIpc) is 2.20. The van der Waals surface area contributed by atoms with E-state index in [2.05, 4.69) is 38.2 Å². The Labute approximate surface area is 119 Å². The minimum atomic E-state index is 0.644. The number of nitrogens with one attached hydrogen (secondary N) is 1. The Morgan fingerprint density at radius 3 is 2.21 bits per heavy atom. The molecule has 0 aromatic heterocycles. The molecule has 4 aliphatic rings. The van der Waals surface area contributed by atoms with E-state index in [0.29, 0.717) is 16.2 Å². The molecule has 4 fully saturated rings. The van der Waals surface area contributed by atoms with Crippen LogP contribution in [0.5, 0.6) is 0 Å². The highest BCUT2D eigenvalue weighted by atomic mass is 15.1. The van der Waals surface area contributed by atoms with Crippen molar-refractivity contribution in [2.24, 2.45) is 22.2 Å². The highest BCUT2D eigenvalue weighted by molar-refractivity contribution is 5.10. The molecular formula is C17H32N2. The van der Waals surface area contributed by atoms with Crippen molar-refractivity contribution in [3.8, 4) is 0 Å². The van der Waals surface area contributed by atoms with Crippen molar-refractivity contribution in [3.05, 3.63) is 0 Å². The van der Waals surface area contributed by atoms with E-state index in [0.717, 1.165) is 12.5 Å². The van der Waals surface area contributed by atoms with Crippen molar-refractivity contribution in [2.75, 3.05) is 33.7 Å². The van der Waals surface area contributed by atoms with Crippen molar-refractivity contribution in [1.29, 1.82) is 0 Å². The molecule has 2 unspecified atom stereocenters. The molecule has 0 amide bonds. The van der Waals surface area contributed by atoms with Crippen LogP contribution < -0.4 is 5.32 Å². The number of hydrogen-bond acceptors (Lipinski definition) is 2. The van der Waals surface area contributed by atoms with Gasteiger partial charge in [-0.15, -0.1) is 0 Å². The molecule has 0 saturated heterocycles. The zero-order valence-electron chi connectivity index (χ0n) is 13.4. The normalized spacial score (nSPS) is 48.2. The Morgan fingerprint density at radius 1 is 1.05 bits per heavy atom. The fraction of sp³-hybridized carbons (Fsp3) is 1.00. The third-order valence-corrected chi connectivity index (χ3v) is 6.09. The third kappa shape index (κ3) is 2.58. The maximum absolute atomic E-state index is 3.28. The van der Waals surface area contributed by atoms with E-state index >= 15 is 0 Å². The van der Waals surface area contributed by atoms with E-state index in [1.807, 2.05) is 0 Å². The fourth-order valence-electron chi connectivity index (χ4n) is 6.81. The summed E-state index contributed by atoms with van der Waals surface area (Å²) < 4.78 is 0. The Bertz CT molecular complexity index is 333. The van der Waals surface area contributed by atoms with Crippen molar-refractivity contribution in [2.45, 2.75) is 52.4 Å². The molecule has 4 bridgehead atoms. The Hall–Kier alpha value is -0.0800. The summed E-state index contributed by atoms with van der Waals surface area (Å²) in [6.45, 7) is 8.80. The predicted octanol–water partition coefficient (Wildman–Crippen LogP) is 3.13. The van der Waals surface area contributed by atoms with Gasteiger partial charge in [-0.1, -0.05) is 13.8 Å². The van der Waals surface area contributed by atoms with Gasteiger partial charge < -0.3 is 10.2 Å². The molecular weight excluding hydrogens is 232 g/mol. The molecule has 0 heterocycles. The molecule has 2 heteroatoms. The minimum absolute atomic E-state index is 0.644. The summed E-state index contributed by atoms with van der Waals surface area (Å²) in [5.74, 6) is 1.03.